The van der Waals surface area contributed by atoms with Crippen molar-refractivity contribution in [1.82, 2.24) is 9.55 Å². The lowest BCUT2D eigenvalue weighted by Gasteiger charge is -2.04. The molecule has 0 fully saturated rings. The number of aromatic amines is 1. The standard InChI is InChI=1S/C12H12N2O2/c1-9-2-4-10(5-3-9)8-14-7-6-13-11(15)12(14)16/h2-7H,8H2,1H3,(H,13,15). The minimum atomic E-state index is -0.588. The molecule has 0 amide bonds. The van der Waals surface area contributed by atoms with Crippen LogP contribution in [0, 0.1) is 6.92 Å². The molecule has 0 aliphatic carbocycles. The molecule has 0 saturated carbocycles. The topological polar surface area (TPSA) is 54.9 Å². The molecule has 1 aromatic heterocycles. The molecule has 0 saturated heterocycles. The van der Waals surface area contributed by atoms with Gasteiger partial charge in [-0.05, 0) is 12.5 Å². The van der Waals surface area contributed by atoms with Crippen LogP contribution in [0.4, 0.5) is 0 Å². The molecule has 2 aromatic rings. The summed E-state index contributed by atoms with van der Waals surface area (Å²) < 4.78 is 1.39. The molecule has 0 aliphatic heterocycles. The third kappa shape index (κ3) is 2.11. The Labute approximate surface area is 92.2 Å². The highest BCUT2D eigenvalue weighted by atomic mass is 16.2. The van der Waals surface area contributed by atoms with Crippen LogP contribution in [0.1, 0.15) is 11.1 Å². The van der Waals surface area contributed by atoms with Crippen molar-refractivity contribution < 1.29 is 0 Å². The van der Waals surface area contributed by atoms with E-state index in [1.165, 1.54) is 16.3 Å². The van der Waals surface area contributed by atoms with E-state index in [1.54, 1.807) is 6.20 Å². The Morgan fingerprint density at radius 1 is 1.19 bits per heavy atom. The number of H-pyrrole nitrogens is 1. The summed E-state index contributed by atoms with van der Waals surface area (Å²) in [6, 6.07) is 7.85. The van der Waals surface area contributed by atoms with Crippen LogP contribution in [-0.2, 0) is 6.54 Å². The second kappa shape index (κ2) is 4.18. The quantitative estimate of drug-likeness (QED) is 0.758. The molecule has 0 atom stereocenters. The number of hydrogen-bond donors (Lipinski definition) is 1. The van der Waals surface area contributed by atoms with Gasteiger partial charge >= 0.3 is 11.1 Å². The van der Waals surface area contributed by atoms with Gasteiger partial charge in [0.25, 0.3) is 0 Å². The van der Waals surface area contributed by atoms with E-state index in [2.05, 4.69) is 4.98 Å². The molecule has 1 N–H and O–H groups in total. The summed E-state index contributed by atoms with van der Waals surface area (Å²) in [6.07, 6.45) is 3.04. The van der Waals surface area contributed by atoms with Crippen LogP contribution in [0.2, 0.25) is 0 Å². The molecule has 0 aliphatic rings. The third-order valence-corrected chi connectivity index (χ3v) is 2.40. The van der Waals surface area contributed by atoms with E-state index < -0.39 is 11.1 Å². The molecule has 82 valence electrons. The van der Waals surface area contributed by atoms with Gasteiger partial charge in [-0.25, -0.2) is 0 Å². The Balaban J connectivity index is 2.34. The van der Waals surface area contributed by atoms with Gasteiger partial charge in [0.15, 0.2) is 0 Å². The average molecular weight is 216 g/mol. The highest BCUT2D eigenvalue weighted by molar-refractivity contribution is 5.21. The van der Waals surface area contributed by atoms with Crippen LogP contribution in [0.25, 0.3) is 0 Å². The maximum Gasteiger partial charge on any atom is 0.316 e. The van der Waals surface area contributed by atoms with Crippen molar-refractivity contribution in [2.45, 2.75) is 13.5 Å². The predicted molar refractivity (Wildman–Crippen MR) is 61.6 cm³/mol. The smallest absolute Gasteiger partial charge is 0.316 e. The summed E-state index contributed by atoms with van der Waals surface area (Å²) >= 11 is 0. The van der Waals surface area contributed by atoms with Gasteiger partial charge in [0.05, 0.1) is 6.54 Å². The van der Waals surface area contributed by atoms with E-state index in [9.17, 15) is 9.59 Å². The molecule has 2 rings (SSSR count). The average Bonchev–Trinajstić information content (AvgIpc) is 2.28. The minimum absolute atomic E-state index is 0.420. The van der Waals surface area contributed by atoms with Gasteiger partial charge in [-0.3, -0.25) is 9.59 Å². The maximum absolute atomic E-state index is 11.5. The van der Waals surface area contributed by atoms with Gasteiger partial charge in [-0.1, -0.05) is 29.8 Å². The first-order valence-corrected chi connectivity index (χ1v) is 5.00. The molecular formula is C12H12N2O2. The predicted octanol–water partition coefficient (Wildman–Crippen LogP) is 0.893. The number of nitrogens with one attached hydrogen (secondary N) is 1. The second-order valence-corrected chi connectivity index (χ2v) is 3.71. The summed E-state index contributed by atoms with van der Waals surface area (Å²) in [7, 11) is 0. The third-order valence-electron chi connectivity index (χ3n) is 2.40. The molecular weight excluding hydrogens is 204 g/mol. The lowest BCUT2D eigenvalue weighted by Crippen LogP contribution is -2.35. The largest absolute Gasteiger partial charge is 0.323 e. The van der Waals surface area contributed by atoms with Crippen LogP contribution in [0.5, 0.6) is 0 Å². The number of nitrogens with zero attached hydrogens (tertiary/aromatic N) is 1. The van der Waals surface area contributed by atoms with Gasteiger partial charge in [-0.2, -0.15) is 0 Å². The van der Waals surface area contributed by atoms with Crippen LogP contribution >= 0.6 is 0 Å². The molecule has 0 spiro atoms. The van der Waals surface area contributed by atoms with Crippen LogP contribution in [0.15, 0.2) is 46.2 Å². The van der Waals surface area contributed by atoms with Crippen molar-refractivity contribution in [3.8, 4) is 0 Å². The first kappa shape index (κ1) is 10.4. The molecule has 1 aromatic carbocycles. The van der Waals surface area contributed by atoms with Crippen LogP contribution in [0.3, 0.4) is 0 Å². The van der Waals surface area contributed by atoms with E-state index in [0.717, 1.165) is 5.56 Å². The van der Waals surface area contributed by atoms with Crippen molar-refractivity contribution in [3.05, 3.63) is 68.5 Å². The molecule has 4 nitrogen and oxygen atoms in total. The monoisotopic (exact) mass is 216 g/mol. The summed E-state index contributed by atoms with van der Waals surface area (Å²) in [5, 5.41) is 0. The highest BCUT2D eigenvalue weighted by Crippen LogP contribution is 2.03. The van der Waals surface area contributed by atoms with Crippen LogP contribution in [-0.4, -0.2) is 9.55 Å². The SMILES string of the molecule is Cc1ccc(Cn2cc[nH]c(=O)c2=O)cc1. The second-order valence-electron chi connectivity index (χ2n) is 3.71. The first-order chi connectivity index (χ1) is 7.66. The van der Waals surface area contributed by atoms with Gasteiger partial charge < -0.3 is 9.55 Å². The lowest BCUT2D eigenvalue weighted by molar-refractivity contribution is 0.737. The Morgan fingerprint density at radius 2 is 1.88 bits per heavy atom. The molecule has 0 unspecified atom stereocenters. The minimum Gasteiger partial charge on any atom is -0.323 e. The van der Waals surface area contributed by atoms with Crippen molar-refractivity contribution in [3.63, 3.8) is 0 Å². The van der Waals surface area contributed by atoms with E-state index in [4.69, 9.17) is 0 Å². The fourth-order valence-electron chi connectivity index (χ4n) is 1.48. The number of rotatable bonds is 2. The lowest BCUT2D eigenvalue weighted by atomic mass is 10.1. The molecule has 16 heavy (non-hydrogen) atoms. The zero-order valence-electron chi connectivity index (χ0n) is 8.93. The van der Waals surface area contributed by atoms with Crippen molar-refractivity contribution in [2.75, 3.05) is 0 Å². The summed E-state index contributed by atoms with van der Waals surface area (Å²) in [4.78, 5) is 24.9. The van der Waals surface area contributed by atoms with E-state index in [0.29, 0.717) is 6.54 Å². The normalized spacial score (nSPS) is 10.3. The Hall–Kier alpha value is -2.10. The number of hydrogen-bond acceptors (Lipinski definition) is 2. The Bertz CT molecular complexity index is 593. The Morgan fingerprint density at radius 3 is 2.56 bits per heavy atom. The van der Waals surface area contributed by atoms with Crippen molar-refractivity contribution in [2.24, 2.45) is 0 Å². The van der Waals surface area contributed by atoms with E-state index >= 15 is 0 Å². The van der Waals surface area contributed by atoms with E-state index in [-0.39, 0.29) is 0 Å². The summed E-state index contributed by atoms with van der Waals surface area (Å²) in [6.45, 7) is 2.42. The molecule has 4 heteroatoms. The molecule has 0 bridgehead atoms. The number of benzene rings is 1. The Kier molecular flexibility index (Phi) is 2.72. The van der Waals surface area contributed by atoms with Crippen molar-refractivity contribution >= 4 is 0 Å². The zero-order chi connectivity index (χ0) is 11.5. The summed E-state index contributed by atoms with van der Waals surface area (Å²) in [5.41, 5.74) is 1.05. The number of aromatic nitrogens is 2. The fraction of sp³-hybridized carbons (Fsp3) is 0.167. The van der Waals surface area contributed by atoms with Crippen LogP contribution < -0.4 is 11.1 Å². The highest BCUT2D eigenvalue weighted by Gasteiger charge is 2.00. The fourth-order valence-corrected chi connectivity index (χ4v) is 1.48. The van der Waals surface area contributed by atoms with E-state index in [1.807, 2.05) is 31.2 Å². The zero-order valence-corrected chi connectivity index (χ0v) is 8.93. The van der Waals surface area contributed by atoms with Gasteiger partial charge in [0.2, 0.25) is 0 Å². The summed E-state index contributed by atoms with van der Waals surface area (Å²) in [5.74, 6) is 0. The first-order valence-electron chi connectivity index (χ1n) is 5.00. The van der Waals surface area contributed by atoms with Crippen molar-refractivity contribution in [1.29, 1.82) is 0 Å². The number of aryl methyl sites for hydroxylation is 1. The van der Waals surface area contributed by atoms with Gasteiger partial charge in [0, 0.05) is 12.4 Å². The van der Waals surface area contributed by atoms with Gasteiger partial charge in [-0.15, -0.1) is 0 Å². The van der Waals surface area contributed by atoms with Gasteiger partial charge in [0.1, 0.15) is 0 Å². The molecule has 0 radical (unpaired) electrons. The molecule has 1 heterocycles. The maximum atomic E-state index is 11.5.